The lowest BCUT2D eigenvalue weighted by molar-refractivity contribution is 0.102. The summed E-state index contributed by atoms with van der Waals surface area (Å²) >= 11 is 0. The SMILES string of the molecule is CC(C)c1ccc(NC(=O)c2cc(Nc3ccccc3C#N)ncn2)cc1. The third-order valence-electron chi connectivity index (χ3n) is 4.05. The Morgan fingerprint density at radius 2 is 1.81 bits per heavy atom. The average Bonchev–Trinajstić information content (AvgIpc) is 2.69. The van der Waals surface area contributed by atoms with Gasteiger partial charge in [-0.25, -0.2) is 9.97 Å². The number of nitrogens with zero attached hydrogens (tertiary/aromatic N) is 3. The zero-order chi connectivity index (χ0) is 19.2. The Morgan fingerprint density at radius 3 is 2.52 bits per heavy atom. The summed E-state index contributed by atoms with van der Waals surface area (Å²) in [6.45, 7) is 4.24. The van der Waals surface area contributed by atoms with Gasteiger partial charge in [0.15, 0.2) is 0 Å². The van der Waals surface area contributed by atoms with Gasteiger partial charge in [0, 0.05) is 11.8 Å². The van der Waals surface area contributed by atoms with E-state index in [1.165, 1.54) is 11.9 Å². The van der Waals surface area contributed by atoms with Crippen molar-refractivity contribution < 1.29 is 4.79 Å². The van der Waals surface area contributed by atoms with Gasteiger partial charge in [0.25, 0.3) is 5.91 Å². The first-order valence-electron chi connectivity index (χ1n) is 8.56. The van der Waals surface area contributed by atoms with Gasteiger partial charge in [-0.05, 0) is 35.7 Å². The zero-order valence-corrected chi connectivity index (χ0v) is 15.1. The maximum atomic E-state index is 12.5. The third-order valence-corrected chi connectivity index (χ3v) is 4.05. The molecule has 0 saturated heterocycles. The molecule has 134 valence electrons. The molecular weight excluding hydrogens is 338 g/mol. The van der Waals surface area contributed by atoms with E-state index in [9.17, 15) is 10.1 Å². The van der Waals surface area contributed by atoms with Crippen molar-refractivity contribution in [3.05, 3.63) is 77.7 Å². The van der Waals surface area contributed by atoms with Gasteiger partial charge in [0.1, 0.15) is 23.9 Å². The van der Waals surface area contributed by atoms with Gasteiger partial charge in [-0.2, -0.15) is 5.26 Å². The number of aromatic nitrogens is 2. The number of anilines is 3. The van der Waals surface area contributed by atoms with Crippen molar-refractivity contribution in [2.24, 2.45) is 0 Å². The van der Waals surface area contributed by atoms with Crippen molar-refractivity contribution in [3.63, 3.8) is 0 Å². The fourth-order valence-corrected chi connectivity index (χ4v) is 2.52. The quantitative estimate of drug-likeness (QED) is 0.703. The molecule has 0 bridgehead atoms. The molecular formula is C21H19N5O. The highest BCUT2D eigenvalue weighted by molar-refractivity contribution is 6.03. The molecule has 3 aromatic rings. The van der Waals surface area contributed by atoms with Gasteiger partial charge >= 0.3 is 0 Å². The number of carbonyl (C=O) groups is 1. The van der Waals surface area contributed by atoms with Crippen LogP contribution in [0.5, 0.6) is 0 Å². The molecule has 3 rings (SSSR count). The lowest BCUT2D eigenvalue weighted by Crippen LogP contribution is -2.14. The number of benzene rings is 2. The Balaban J connectivity index is 1.74. The van der Waals surface area contributed by atoms with Gasteiger partial charge in [0.2, 0.25) is 0 Å². The third kappa shape index (κ3) is 4.47. The largest absolute Gasteiger partial charge is 0.339 e. The Labute approximate surface area is 157 Å². The summed E-state index contributed by atoms with van der Waals surface area (Å²) in [6, 6.07) is 18.5. The Kier molecular flexibility index (Phi) is 5.43. The molecule has 0 unspecified atom stereocenters. The number of para-hydroxylation sites is 1. The number of hydrogen-bond donors (Lipinski definition) is 2. The van der Waals surface area contributed by atoms with Crippen LogP contribution in [0, 0.1) is 11.3 Å². The Morgan fingerprint density at radius 1 is 1.07 bits per heavy atom. The van der Waals surface area contributed by atoms with Crippen molar-refractivity contribution in [3.8, 4) is 6.07 Å². The highest BCUT2D eigenvalue weighted by Crippen LogP contribution is 2.20. The Hall–Kier alpha value is -3.72. The second-order valence-corrected chi connectivity index (χ2v) is 6.30. The van der Waals surface area contributed by atoms with Gasteiger partial charge in [-0.3, -0.25) is 4.79 Å². The van der Waals surface area contributed by atoms with E-state index in [0.717, 1.165) is 0 Å². The molecule has 0 aliphatic carbocycles. The van der Waals surface area contributed by atoms with E-state index in [4.69, 9.17) is 0 Å². The minimum absolute atomic E-state index is 0.231. The fraction of sp³-hybridized carbons (Fsp3) is 0.143. The molecule has 6 heteroatoms. The van der Waals surface area contributed by atoms with Crippen molar-refractivity contribution in [2.75, 3.05) is 10.6 Å². The van der Waals surface area contributed by atoms with E-state index in [2.05, 4.69) is 40.5 Å². The van der Waals surface area contributed by atoms with E-state index >= 15 is 0 Å². The van der Waals surface area contributed by atoms with Crippen LogP contribution in [0.25, 0.3) is 0 Å². The van der Waals surface area contributed by atoms with Crippen LogP contribution in [0.15, 0.2) is 60.9 Å². The first-order valence-corrected chi connectivity index (χ1v) is 8.56. The van der Waals surface area contributed by atoms with Gasteiger partial charge in [-0.1, -0.05) is 38.1 Å². The number of carbonyl (C=O) groups excluding carboxylic acids is 1. The molecule has 0 fully saturated rings. The molecule has 6 nitrogen and oxygen atoms in total. The van der Waals surface area contributed by atoms with E-state index in [1.807, 2.05) is 30.3 Å². The van der Waals surface area contributed by atoms with E-state index in [-0.39, 0.29) is 11.6 Å². The molecule has 0 radical (unpaired) electrons. The monoisotopic (exact) mass is 357 g/mol. The summed E-state index contributed by atoms with van der Waals surface area (Å²) in [5, 5.41) is 15.0. The summed E-state index contributed by atoms with van der Waals surface area (Å²) in [5.41, 5.74) is 3.25. The molecule has 1 amide bonds. The number of rotatable bonds is 5. The summed E-state index contributed by atoms with van der Waals surface area (Å²) in [6.07, 6.45) is 1.31. The molecule has 1 heterocycles. The van der Waals surface area contributed by atoms with Gasteiger partial charge in [-0.15, -0.1) is 0 Å². The van der Waals surface area contributed by atoms with Crippen LogP contribution >= 0.6 is 0 Å². The molecule has 0 atom stereocenters. The summed E-state index contributed by atoms with van der Waals surface area (Å²) < 4.78 is 0. The summed E-state index contributed by atoms with van der Waals surface area (Å²) in [4.78, 5) is 20.6. The van der Waals surface area contributed by atoms with Crippen LogP contribution < -0.4 is 10.6 Å². The molecule has 0 saturated carbocycles. The summed E-state index contributed by atoms with van der Waals surface area (Å²) in [5.74, 6) is 0.542. The van der Waals surface area contributed by atoms with Crippen LogP contribution in [-0.4, -0.2) is 15.9 Å². The number of nitrogens with one attached hydrogen (secondary N) is 2. The van der Waals surface area contributed by atoms with Crippen molar-refractivity contribution in [1.82, 2.24) is 9.97 Å². The van der Waals surface area contributed by atoms with Crippen LogP contribution in [-0.2, 0) is 0 Å². The highest BCUT2D eigenvalue weighted by atomic mass is 16.1. The van der Waals surface area contributed by atoms with Crippen LogP contribution in [0.4, 0.5) is 17.2 Å². The fourth-order valence-electron chi connectivity index (χ4n) is 2.52. The van der Waals surface area contributed by atoms with Crippen molar-refractivity contribution in [1.29, 1.82) is 5.26 Å². The number of hydrogen-bond acceptors (Lipinski definition) is 5. The maximum absolute atomic E-state index is 12.5. The van der Waals surface area contributed by atoms with E-state index < -0.39 is 0 Å². The molecule has 0 aliphatic rings. The minimum atomic E-state index is -0.327. The topological polar surface area (TPSA) is 90.7 Å². The first-order chi connectivity index (χ1) is 13.1. The smallest absolute Gasteiger partial charge is 0.274 e. The summed E-state index contributed by atoms with van der Waals surface area (Å²) in [7, 11) is 0. The predicted octanol–water partition coefficient (Wildman–Crippen LogP) is 4.47. The van der Waals surface area contributed by atoms with Crippen LogP contribution in [0.1, 0.15) is 41.4 Å². The minimum Gasteiger partial charge on any atom is -0.339 e. The normalized spacial score (nSPS) is 10.3. The zero-order valence-electron chi connectivity index (χ0n) is 15.1. The second kappa shape index (κ2) is 8.11. The van der Waals surface area contributed by atoms with Crippen LogP contribution in [0.3, 0.4) is 0 Å². The van der Waals surface area contributed by atoms with Crippen molar-refractivity contribution >= 4 is 23.1 Å². The molecule has 0 spiro atoms. The van der Waals surface area contributed by atoms with Gasteiger partial charge in [0.05, 0.1) is 11.3 Å². The average molecular weight is 357 g/mol. The second-order valence-electron chi connectivity index (χ2n) is 6.30. The number of amides is 1. The van der Waals surface area contributed by atoms with E-state index in [1.54, 1.807) is 24.3 Å². The van der Waals surface area contributed by atoms with Crippen molar-refractivity contribution in [2.45, 2.75) is 19.8 Å². The van der Waals surface area contributed by atoms with Gasteiger partial charge < -0.3 is 10.6 Å². The lowest BCUT2D eigenvalue weighted by atomic mass is 10.0. The predicted molar refractivity (Wildman–Crippen MR) is 105 cm³/mol. The molecule has 0 aliphatic heterocycles. The highest BCUT2D eigenvalue weighted by Gasteiger charge is 2.11. The standard InChI is InChI=1S/C21H19N5O/c1-14(2)15-7-9-17(10-8-15)25-21(27)19-11-20(24-13-23-19)26-18-6-4-3-5-16(18)12-22/h3-11,13-14H,1-2H3,(H,25,27)(H,23,24,26). The molecule has 1 aromatic heterocycles. The Bertz CT molecular complexity index is 990. The van der Waals surface area contributed by atoms with E-state index in [0.29, 0.717) is 28.7 Å². The number of nitriles is 1. The molecule has 2 aromatic carbocycles. The molecule has 2 N–H and O–H groups in total. The first kappa shape index (κ1) is 18.1. The maximum Gasteiger partial charge on any atom is 0.274 e. The lowest BCUT2D eigenvalue weighted by Gasteiger charge is -2.10. The van der Waals surface area contributed by atoms with Crippen LogP contribution in [0.2, 0.25) is 0 Å². The molecule has 27 heavy (non-hydrogen) atoms.